The molecule has 2 aromatic heterocycles. The maximum Gasteiger partial charge on any atom is 0.0570 e. The molecule has 2 atom stereocenters. The van der Waals surface area contributed by atoms with E-state index in [4.69, 9.17) is 0 Å². The summed E-state index contributed by atoms with van der Waals surface area (Å²) >= 11 is 1.81. The topological polar surface area (TPSA) is 24.9 Å². The van der Waals surface area contributed by atoms with Crippen LogP contribution in [0.2, 0.25) is 0 Å². The minimum Gasteiger partial charge on any atom is -0.301 e. The van der Waals surface area contributed by atoms with Crippen LogP contribution in [-0.2, 0) is 0 Å². The van der Waals surface area contributed by atoms with Gasteiger partial charge in [-0.05, 0) is 49.9 Å². The Kier molecular flexibility index (Phi) is 3.92. The predicted molar refractivity (Wildman–Crippen MR) is 73.3 cm³/mol. The molecule has 0 radical (unpaired) electrons. The SMILES string of the molecule is Cc1ccsc1C(C)NC(C)c1ccccn1. The summed E-state index contributed by atoms with van der Waals surface area (Å²) in [6.45, 7) is 6.52. The second kappa shape index (κ2) is 5.43. The molecule has 0 saturated heterocycles. The second-order valence-corrected chi connectivity index (χ2v) is 5.28. The number of nitrogens with zero attached hydrogens (tertiary/aromatic N) is 1. The van der Waals surface area contributed by atoms with Crippen molar-refractivity contribution in [2.24, 2.45) is 0 Å². The number of aryl methyl sites for hydroxylation is 1. The largest absolute Gasteiger partial charge is 0.301 e. The Balaban J connectivity index is 2.05. The van der Waals surface area contributed by atoms with Gasteiger partial charge in [-0.3, -0.25) is 4.98 Å². The van der Waals surface area contributed by atoms with Crippen LogP contribution in [0.3, 0.4) is 0 Å². The van der Waals surface area contributed by atoms with Crippen molar-refractivity contribution < 1.29 is 0 Å². The third-order valence-corrected chi connectivity index (χ3v) is 4.13. The Hall–Kier alpha value is -1.19. The van der Waals surface area contributed by atoms with Gasteiger partial charge in [0.1, 0.15) is 0 Å². The Morgan fingerprint density at radius 3 is 2.59 bits per heavy atom. The van der Waals surface area contributed by atoms with Crippen LogP contribution in [-0.4, -0.2) is 4.98 Å². The molecular weight excluding hydrogens is 228 g/mol. The normalized spacial score (nSPS) is 14.5. The standard InChI is InChI=1S/C14H18N2S/c1-10-7-9-17-14(10)12(3)16-11(2)13-6-4-5-8-15-13/h4-9,11-12,16H,1-3H3. The first kappa shape index (κ1) is 12.3. The van der Waals surface area contributed by atoms with E-state index < -0.39 is 0 Å². The zero-order valence-electron chi connectivity index (χ0n) is 10.5. The molecule has 0 saturated carbocycles. The van der Waals surface area contributed by atoms with Gasteiger partial charge in [0.05, 0.1) is 5.69 Å². The Morgan fingerprint density at radius 2 is 2.00 bits per heavy atom. The van der Waals surface area contributed by atoms with Crippen molar-refractivity contribution in [1.82, 2.24) is 10.3 Å². The molecule has 0 aromatic carbocycles. The first-order chi connectivity index (χ1) is 8.18. The fourth-order valence-electron chi connectivity index (χ4n) is 2.00. The fourth-order valence-corrected chi connectivity index (χ4v) is 2.94. The monoisotopic (exact) mass is 246 g/mol. The summed E-state index contributed by atoms with van der Waals surface area (Å²) in [4.78, 5) is 5.79. The lowest BCUT2D eigenvalue weighted by Gasteiger charge is -2.19. The molecule has 0 aliphatic carbocycles. The quantitative estimate of drug-likeness (QED) is 0.886. The van der Waals surface area contributed by atoms with Crippen LogP contribution in [0.5, 0.6) is 0 Å². The zero-order chi connectivity index (χ0) is 12.3. The summed E-state index contributed by atoms with van der Waals surface area (Å²) in [5, 5.41) is 5.73. The number of thiophene rings is 1. The van der Waals surface area contributed by atoms with Gasteiger partial charge in [-0.2, -0.15) is 0 Å². The highest BCUT2D eigenvalue weighted by Gasteiger charge is 2.14. The van der Waals surface area contributed by atoms with E-state index in [1.807, 2.05) is 29.7 Å². The molecule has 2 heterocycles. The molecule has 0 fully saturated rings. The van der Waals surface area contributed by atoms with Gasteiger partial charge < -0.3 is 5.32 Å². The number of rotatable bonds is 4. The number of nitrogens with one attached hydrogen (secondary N) is 1. The van der Waals surface area contributed by atoms with Gasteiger partial charge in [0.15, 0.2) is 0 Å². The van der Waals surface area contributed by atoms with Crippen molar-refractivity contribution in [3.8, 4) is 0 Å². The van der Waals surface area contributed by atoms with Crippen LogP contribution in [0.25, 0.3) is 0 Å². The summed E-state index contributed by atoms with van der Waals surface area (Å²) in [5.74, 6) is 0. The van der Waals surface area contributed by atoms with Crippen molar-refractivity contribution in [2.45, 2.75) is 32.9 Å². The average Bonchev–Trinajstić information content (AvgIpc) is 2.76. The molecule has 2 nitrogen and oxygen atoms in total. The van der Waals surface area contributed by atoms with Crippen LogP contribution in [0.15, 0.2) is 35.8 Å². The summed E-state index contributed by atoms with van der Waals surface area (Å²) in [6, 6.07) is 8.85. The zero-order valence-corrected chi connectivity index (χ0v) is 11.3. The molecule has 0 bridgehead atoms. The van der Waals surface area contributed by atoms with E-state index in [9.17, 15) is 0 Å². The molecule has 3 heteroatoms. The predicted octanol–water partition coefficient (Wildman–Crippen LogP) is 3.86. The van der Waals surface area contributed by atoms with E-state index >= 15 is 0 Å². The summed E-state index contributed by atoms with van der Waals surface area (Å²) in [6.07, 6.45) is 1.84. The van der Waals surface area contributed by atoms with Crippen molar-refractivity contribution in [3.05, 3.63) is 52.0 Å². The lowest BCUT2D eigenvalue weighted by atomic mass is 10.1. The van der Waals surface area contributed by atoms with Crippen molar-refractivity contribution in [3.63, 3.8) is 0 Å². The van der Waals surface area contributed by atoms with Crippen LogP contribution >= 0.6 is 11.3 Å². The molecule has 0 aliphatic rings. The van der Waals surface area contributed by atoms with Gasteiger partial charge in [-0.1, -0.05) is 6.07 Å². The lowest BCUT2D eigenvalue weighted by molar-refractivity contribution is 0.490. The molecule has 17 heavy (non-hydrogen) atoms. The number of pyridine rings is 1. The highest BCUT2D eigenvalue weighted by molar-refractivity contribution is 7.10. The molecule has 90 valence electrons. The minimum absolute atomic E-state index is 0.271. The first-order valence-electron chi connectivity index (χ1n) is 5.89. The van der Waals surface area contributed by atoms with Crippen molar-refractivity contribution in [1.29, 1.82) is 0 Å². The van der Waals surface area contributed by atoms with Gasteiger partial charge >= 0.3 is 0 Å². The fraction of sp³-hybridized carbons (Fsp3) is 0.357. The van der Waals surface area contributed by atoms with Crippen molar-refractivity contribution >= 4 is 11.3 Å². The number of hydrogen-bond donors (Lipinski definition) is 1. The Morgan fingerprint density at radius 1 is 1.18 bits per heavy atom. The van der Waals surface area contributed by atoms with E-state index in [2.05, 4.69) is 48.6 Å². The third-order valence-electron chi connectivity index (χ3n) is 2.93. The number of aromatic nitrogens is 1. The molecule has 1 N–H and O–H groups in total. The summed E-state index contributed by atoms with van der Waals surface area (Å²) in [7, 11) is 0. The summed E-state index contributed by atoms with van der Waals surface area (Å²) < 4.78 is 0. The van der Waals surface area contributed by atoms with Gasteiger partial charge in [0.25, 0.3) is 0 Å². The van der Waals surface area contributed by atoms with Gasteiger partial charge in [0.2, 0.25) is 0 Å². The lowest BCUT2D eigenvalue weighted by Crippen LogP contribution is -2.22. The van der Waals surface area contributed by atoms with E-state index in [-0.39, 0.29) is 6.04 Å². The van der Waals surface area contributed by atoms with Crippen molar-refractivity contribution in [2.75, 3.05) is 0 Å². The molecule has 2 aromatic rings. The highest BCUT2D eigenvalue weighted by atomic mass is 32.1. The number of hydrogen-bond acceptors (Lipinski definition) is 3. The third kappa shape index (κ3) is 2.93. The van der Waals surface area contributed by atoms with E-state index in [1.54, 1.807) is 0 Å². The first-order valence-corrected chi connectivity index (χ1v) is 6.77. The molecule has 0 spiro atoms. The minimum atomic E-state index is 0.271. The van der Waals surface area contributed by atoms with Crippen LogP contribution in [0.1, 0.15) is 42.1 Å². The smallest absolute Gasteiger partial charge is 0.0570 e. The van der Waals surface area contributed by atoms with E-state index in [1.165, 1.54) is 10.4 Å². The van der Waals surface area contributed by atoms with Crippen LogP contribution < -0.4 is 5.32 Å². The molecule has 2 rings (SSSR count). The maximum atomic E-state index is 4.38. The van der Waals surface area contributed by atoms with Gasteiger partial charge in [-0.25, -0.2) is 0 Å². The molecular formula is C14H18N2S. The van der Waals surface area contributed by atoms with Crippen LogP contribution in [0.4, 0.5) is 0 Å². The highest BCUT2D eigenvalue weighted by Crippen LogP contribution is 2.25. The van der Waals surface area contributed by atoms with Gasteiger partial charge in [-0.15, -0.1) is 11.3 Å². The molecule has 0 aliphatic heterocycles. The Bertz CT molecular complexity index is 464. The molecule has 0 amide bonds. The van der Waals surface area contributed by atoms with Gasteiger partial charge in [0, 0.05) is 23.2 Å². The van der Waals surface area contributed by atoms with E-state index in [0.29, 0.717) is 6.04 Å². The second-order valence-electron chi connectivity index (χ2n) is 4.33. The maximum absolute atomic E-state index is 4.38. The average molecular weight is 246 g/mol. The Labute approximate surface area is 107 Å². The molecule has 2 unspecified atom stereocenters. The summed E-state index contributed by atoms with van der Waals surface area (Å²) in [5.41, 5.74) is 2.46. The van der Waals surface area contributed by atoms with Crippen LogP contribution in [0, 0.1) is 6.92 Å². The van der Waals surface area contributed by atoms with E-state index in [0.717, 1.165) is 5.69 Å².